The van der Waals surface area contributed by atoms with Crippen LogP contribution in [0.1, 0.15) is 23.8 Å². The summed E-state index contributed by atoms with van der Waals surface area (Å²) in [5.41, 5.74) is 0. The molecule has 1 aliphatic rings. The second-order valence-electron chi connectivity index (χ2n) is 5.52. The molecule has 0 aliphatic carbocycles. The van der Waals surface area contributed by atoms with Gasteiger partial charge in [-0.05, 0) is 48.8 Å². The molecule has 6 heteroatoms. The predicted octanol–water partition coefficient (Wildman–Crippen LogP) is 4.00. The Balaban J connectivity index is 1.55. The standard InChI is InChI=1S/C16H18N4S2/c1-2-7-20(6-1)13(14-4-3-8-21-14)10-17-15-12-5-9-22-16(12)19-11-18-15/h3-5,8-9,11,13H,1-2,6-7,10H2,(H,17,18,19)/t13-/m0/s1. The van der Waals surface area contributed by atoms with E-state index in [1.54, 1.807) is 17.7 Å². The van der Waals surface area contributed by atoms with Crippen LogP contribution in [0, 0.1) is 0 Å². The largest absolute Gasteiger partial charge is 0.367 e. The third-order valence-corrected chi connectivity index (χ3v) is 5.97. The second-order valence-corrected chi connectivity index (χ2v) is 7.39. The predicted molar refractivity (Wildman–Crippen MR) is 93.8 cm³/mol. The Kier molecular flexibility index (Phi) is 4.05. The van der Waals surface area contributed by atoms with Crippen LogP contribution in [-0.4, -0.2) is 34.5 Å². The first-order valence-corrected chi connectivity index (χ1v) is 9.37. The lowest BCUT2D eigenvalue weighted by atomic mass is 10.2. The summed E-state index contributed by atoms with van der Waals surface area (Å²) in [4.78, 5) is 13.8. The molecule has 1 aliphatic heterocycles. The molecular formula is C16H18N4S2. The molecule has 3 aromatic rings. The van der Waals surface area contributed by atoms with Crippen LogP contribution in [0.4, 0.5) is 5.82 Å². The third kappa shape index (κ3) is 2.74. The van der Waals surface area contributed by atoms with Gasteiger partial charge in [0.15, 0.2) is 0 Å². The highest BCUT2D eigenvalue weighted by atomic mass is 32.1. The Morgan fingerprint density at radius 2 is 2.05 bits per heavy atom. The number of rotatable bonds is 5. The van der Waals surface area contributed by atoms with E-state index in [1.165, 1.54) is 30.8 Å². The van der Waals surface area contributed by atoms with Crippen molar-refractivity contribution in [3.05, 3.63) is 40.2 Å². The first-order chi connectivity index (χ1) is 10.9. The Morgan fingerprint density at radius 3 is 2.86 bits per heavy atom. The normalized spacial score (nSPS) is 17.1. The maximum atomic E-state index is 4.43. The summed E-state index contributed by atoms with van der Waals surface area (Å²) >= 11 is 3.51. The van der Waals surface area contributed by atoms with Crippen LogP contribution in [0.3, 0.4) is 0 Å². The SMILES string of the molecule is c1csc([C@H](CNc2ncnc3sccc23)N2CCCC2)c1. The molecule has 0 amide bonds. The average Bonchev–Trinajstić information content (AvgIpc) is 3.30. The minimum Gasteiger partial charge on any atom is -0.367 e. The highest BCUT2D eigenvalue weighted by molar-refractivity contribution is 7.16. The van der Waals surface area contributed by atoms with Gasteiger partial charge >= 0.3 is 0 Å². The topological polar surface area (TPSA) is 41.1 Å². The van der Waals surface area contributed by atoms with E-state index >= 15 is 0 Å². The molecule has 4 rings (SSSR count). The summed E-state index contributed by atoms with van der Waals surface area (Å²) in [6, 6.07) is 6.92. The average molecular weight is 330 g/mol. The van der Waals surface area contributed by atoms with Crippen LogP contribution >= 0.6 is 22.7 Å². The molecule has 1 fully saturated rings. The summed E-state index contributed by atoms with van der Waals surface area (Å²) in [6.45, 7) is 3.28. The Morgan fingerprint density at radius 1 is 1.14 bits per heavy atom. The molecule has 3 aromatic heterocycles. The molecule has 0 bridgehead atoms. The second kappa shape index (κ2) is 6.32. The van der Waals surface area contributed by atoms with E-state index in [4.69, 9.17) is 0 Å². The van der Waals surface area contributed by atoms with Gasteiger partial charge in [-0.2, -0.15) is 0 Å². The highest BCUT2D eigenvalue weighted by Gasteiger charge is 2.24. The number of fused-ring (bicyclic) bond motifs is 1. The Labute approximate surface area is 137 Å². The van der Waals surface area contributed by atoms with Crippen LogP contribution in [-0.2, 0) is 0 Å². The van der Waals surface area contributed by atoms with Gasteiger partial charge in [-0.1, -0.05) is 6.07 Å². The van der Waals surface area contributed by atoms with Crippen molar-refractivity contribution in [1.29, 1.82) is 0 Å². The van der Waals surface area contributed by atoms with Crippen molar-refractivity contribution in [2.24, 2.45) is 0 Å². The zero-order chi connectivity index (χ0) is 14.8. The molecule has 4 heterocycles. The molecule has 0 spiro atoms. The molecule has 0 aromatic carbocycles. The fraction of sp³-hybridized carbons (Fsp3) is 0.375. The minimum atomic E-state index is 0.436. The first-order valence-electron chi connectivity index (χ1n) is 7.61. The number of anilines is 1. The zero-order valence-electron chi connectivity index (χ0n) is 12.2. The lowest BCUT2D eigenvalue weighted by Gasteiger charge is -2.27. The molecule has 1 saturated heterocycles. The van der Waals surface area contributed by atoms with Gasteiger partial charge in [-0.15, -0.1) is 22.7 Å². The Hall–Kier alpha value is -1.50. The van der Waals surface area contributed by atoms with Crippen molar-refractivity contribution < 1.29 is 0 Å². The number of thiophene rings is 2. The number of nitrogens with one attached hydrogen (secondary N) is 1. The van der Waals surface area contributed by atoms with Crippen LogP contribution in [0.5, 0.6) is 0 Å². The van der Waals surface area contributed by atoms with Gasteiger partial charge in [0, 0.05) is 11.4 Å². The van der Waals surface area contributed by atoms with Crippen molar-refractivity contribution in [1.82, 2.24) is 14.9 Å². The van der Waals surface area contributed by atoms with E-state index in [0.717, 1.165) is 22.6 Å². The maximum absolute atomic E-state index is 4.43. The smallest absolute Gasteiger partial charge is 0.138 e. The van der Waals surface area contributed by atoms with E-state index in [1.807, 2.05) is 11.3 Å². The van der Waals surface area contributed by atoms with Gasteiger partial charge in [0.25, 0.3) is 0 Å². The molecule has 0 saturated carbocycles. The van der Waals surface area contributed by atoms with Gasteiger partial charge < -0.3 is 5.32 Å². The van der Waals surface area contributed by atoms with Crippen molar-refractivity contribution in [3.8, 4) is 0 Å². The minimum absolute atomic E-state index is 0.436. The highest BCUT2D eigenvalue weighted by Crippen LogP contribution is 2.30. The molecular weight excluding hydrogens is 312 g/mol. The first kappa shape index (κ1) is 14.1. The van der Waals surface area contributed by atoms with E-state index in [9.17, 15) is 0 Å². The quantitative estimate of drug-likeness (QED) is 0.767. The fourth-order valence-corrected chi connectivity index (χ4v) is 4.66. The molecule has 1 N–H and O–H groups in total. The van der Waals surface area contributed by atoms with Crippen LogP contribution in [0.2, 0.25) is 0 Å². The monoisotopic (exact) mass is 330 g/mol. The van der Waals surface area contributed by atoms with Gasteiger partial charge in [0.1, 0.15) is 17.0 Å². The molecule has 0 unspecified atom stereocenters. The summed E-state index contributed by atoms with van der Waals surface area (Å²) in [5, 5.41) is 8.92. The molecule has 0 radical (unpaired) electrons. The molecule has 4 nitrogen and oxygen atoms in total. The maximum Gasteiger partial charge on any atom is 0.138 e. The number of aromatic nitrogens is 2. The number of likely N-dealkylation sites (tertiary alicyclic amines) is 1. The zero-order valence-corrected chi connectivity index (χ0v) is 13.9. The summed E-state index contributed by atoms with van der Waals surface area (Å²) in [6.07, 6.45) is 4.27. The Bertz CT molecular complexity index is 732. The lowest BCUT2D eigenvalue weighted by Crippen LogP contribution is -2.30. The summed E-state index contributed by atoms with van der Waals surface area (Å²) < 4.78 is 0. The molecule has 114 valence electrons. The molecule has 22 heavy (non-hydrogen) atoms. The van der Waals surface area contributed by atoms with Gasteiger partial charge in [-0.3, -0.25) is 4.90 Å². The lowest BCUT2D eigenvalue weighted by molar-refractivity contribution is 0.259. The van der Waals surface area contributed by atoms with Crippen LogP contribution in [0.25, 0.3) is 10.2 Å². The van der Waals surface area contributed by atoms with Gasteiger partial charge in [-0.25, -0.2) is 9.97 Å². The van der Waals surface area contributed by atoms with E-state index < -0.39 is 0 Å². The van der Waals surface area contributed by atoms with Crippen molar-refractivity contribution >= 4 is 38.7 Å². The number of nitrogens with zero attached hydrogens (tertiary/aromatic N) is 3. The van der Waals surface area contributed by atoms with Gasteiger partial charge in [0.05, 0.1) is 11.4 Å². The number of hydrogen-bond donors (Lipinski definition) is 1. The van der Waals surface area contributed by atoms with Crippen LogP contribution in [0.15, 0.2) is 35.3 Å². The third-order valence-electron chi connectivity index (χ3n) is 4.18. The van der Waals surface area contributed by atoms with Crippen molar-refractivity contribution in [2.45, 2.75) is 18.9 Å². The molecule has 1 atom stereocenters. The van der Waals surface area contributed by atoms with E-state index in [-0.39, 0.29) is 0 Å². The van der Waals surface area contributed by atoms with Crippen LogP contribution < -0.4 is 5.32 Å². The summed E-state index contributed by atoms with van der Waals surface area (Å²) in [5.74, 6) is 0.951. The van der Waals surface area contributed by atoms with E-state index in [2.05, 4.69) is 49.1 Å². The van der Waals surface area contributed by atoms with E-state index in [0.29, 0.717) is 6.04 Å². The van der Waals surface area contributed by atoms with Crippen molar-refractivity contribution in [3.63, 3.8) is 0 Å². The fourth-order valence-electron chi connectivity index (χ4n) is 3.07. The summed E-state index contributed by atoms with van der Waals surface area (Å²) in [7, 11) is 0. The van der Waals surface area contributed by atoms with Gasteiger partial charge in [0.2, 0.25) is 0 Å². The van der Waals surface area contributed by atoms with Crippen molar-refractivity contribution in [2.75, 3.05) is 25.0 Å². The number of hydrogen-bond acceptors (Lipinski definition) is 6.